The first-order valence-corrected chi connectivity index (χ1v) is 8.37. The zero-order chi connectivity index (χ0) is 20.3. The number of amides is 3. The molecule has 0 bridgehead atoms. The molecule has 3 rings (SSSR count). The van der Waals surface area contributed by atoms with Crippen molar-refractivity contribution >= 4 is 11.9 Å². The zero-order valence-corrected chi connectivity index (χ0v) is 14.8. The van der Waals surface area contributed by atoms with Crippen LogP contribution < -0.4 is 14.8 Å². The van der Waals surface area contributed by atoms with Crippen LogP contribution in [-0.2, 0) is 10.3 Å². The van der Waals surface area contributed by atoms with Crippen molar-refractivity contribution in [2.75, 3.05) is 13.2 Å². The van der Waals surface area contributed by atoms with Crippen LogP contribution in [0.5, 0.6) is 11.5 Å². The van der Waals surface area contributed by atoms with E-state index >= 15 is 0 Å². The Morgan fingerprint density at radius 2 is 1.64 bits per heavy atom. The number of hydrogen-bond acceptors (Lipinski definition) is 4. The van der Waals surface area contributed by atoms with Crippen LogP contribution in [0.4, 0.5) is 18.0 Å². The molecule has 0 aromatic heterocycles. The third-order valence-corrected chi connectivity index (χ3v) is 4.33. The number of nitrogens with one attached hydrogen (secondary N) is 1. The fourth-order valence-electron chi connectivity index (χ4n) is 2.85. The predicted octanol–water partition coefficient (Wildman–Crippen LogP) is 3.27. The third kappa shape index (κ3) is 4.03. The Labute approximate surface area is 158 Å². The van der Waals surface area contributed by atoms with Crippen molar-refractivity contribution in [2.24, 2.45) is 0 Å². The van der Waals surface area contributed by atoms with E-state index in [4.69, 9.17) is 4.74 Å². The van der Waals surface area contributed by atoms with Gasteiger partial charge in [-0.25, -0.2) is 9.18 Å². The Balaban J connectivity index is 1.65. The van der Waals surface area contributed by atoms with Crippen LogP contribution in [0.15, 0.2) is 48.5 Å². The van der Waals surface area contributed by atoms with Gasteiger partial charge in [-0.1, -0.05) is 12.1 Å². The van der Waals surface area contributed by atoms with E-state index in [0.717, 1.165) is 4.90 Å². The van der Waals surface area contributed by atoms with Crippen molar-refractivity contribution in [3.05, 3.63) is 59.9 Å². The van der Waals surface area contributed by atoms with Crippen LogP contribution in [-0.4, -0.2) is 36.6 Å². The van der Waals surface area contributed by atoms with E-state index in [2.05, 4.69) is 10.1 Å². The second-order valence-electron chi connectivity index (χ2n) is 6.22. The van der Waals surface area contributed by atoms with E-state index in [1.54, 1.807) is 0 Å². The molecule has 2 aromatic rings. The Bertz CT molecular complexity index is 858. The molecule has 1 atom stereocenters. The summed E-state index contributed by atoms with van der Waals surface area (Å²) < 4.78 is 47.1. The molecule has 6 nitrogen and oxygen atoms in total. The second-order valence-corrected chi connectivity index (χ2v) is 6.22. The standard InChI is InChI=1S/C19H17F3N2O4/c1-19(12-2-6-15(7-3-12)28-17(21)22)16(25)24(18(26)23-19)10-11-27-14-8-4-13(20)5-9-14/h2-9,17H,10-11H2,1H3,(H,23,26). The molecule has 9 heteroatoms. The minimum absolute atomic E-state index is 0.00971. The highest BCUT2D eigenvalue weighted by Crippen LogP contribution is 2.30. The fourth-order valence-corrected chi connectivity index (χ4v) is 2.85. The number of benzene rings is 2. The lowest BCUT2D eigenvalue weighted by atomic mass is 9.92. The van der Waals surface area contributed by atoms with Crippen LogP contribution >= 0.6 is 0 Å². The van der Waals surface area contributed by atoms with Gasteiger partial charge < -0.3 is 14.8 Å². The number of alkyl halides is 2. The Hall–Kier alpha value is -3.23. The number of hydrogen-bond donors (Lipinski definition) is 1. The van der Waals surface area contributed by atoms with Gasteiger partial charge >= 0.3 is 12.6 Å². The summed E-state index contributed by atoms with van der Waals surface area (Å²) in [5.41, 5.74) is -0.912. The topological polar surface area (TPSA) is 67.9 Å². The lowest BCUT2D eigenvalue weighted by Gasteiger charge is -2.22. The Morgan fingerprint density at radius 1 is 1.04 bits per heavy atom. The third-order valence-electron chi connectivity index (χ3n) is 4.33. The van der Waals surface area contributed by atoms with Crippen LogP contribution in [0.3, 0.4) is 0 Å². The molecule has 1 N–H and O–H groups in total. The maximum Gasteiger partial charge on any atom is 0.387 e. The minimum Gasteiger partial charge on any atom is -0.492 e. The first-order valence-electron chi connectivity index (χ1n) is 8.37. The monoisotopic (exact) mass is 394 g/mol. The largest absolute Gasteiger partial charge is 0.492 e. The van der Waals surface area contributed by atoms with E-state index in [9.17, 15) is 22.8 Å². The number of imide groups is 1. The summed E-state index contributed by atoms with van der Waals surface area (Å²) in [6.45, 7) is -1.41. The molecule has 3 amide bonds. The molecule has 1 fully saturated rings. The molecular weight excluding hydrogens is 377 g/mol. The highest BCUT2D eigenvalue weighted by Gasteiger charge is 2.48. The van der Waals surface area contributed by atoms with E-state index < -0.39 is 29.9 Å². The Morgan fingerprint density at radius 3 is 2.25 bits per heavy atom. The van der Waals surface area contributed by atoms with Crippen molar-refractivity contribution in [3.63, 3.8) is 0 Å². The fraction of sp³-hybridized carbons (Fsp3) is 0.263. The number of carbonyl (C=O) groups excluding carboxylic acids is 2. The van der Waals surface area contributed by atoms with Crippen molar-refractivity contribution in [2.45, 2.75) is 19.1 Å². The van der Waals surface area contributed by atoms with E-state index in [1.807, 2.05) is 0 Å². The van der Waals surface area contributed by atoms with Gasteiger partial charge in [-0.05, 0) is 48.9 Å². The summed E-state index contributed by atoms with van der Waals surface area (Å²) in [7, 11) is 0. The van der Waals surface area contributed by atoms with E-state index in [1.165, 1.54) is 55.5 Å². The van der Waals surface area contributed by atoms with E-state index in [0.29, 0.717) is 11.3 Å². The average molecular weight is 394 g/mol. The van der Waals surface area contributed by atoms with Gasteiger partial charge in [0, 0.05) is 0 Å². The first-order chi connectivity index (χ1) is 13.3. The molecule has 0 saturated carbocycles. The second kappa shape index (κ2) is 7.79. The van der Waals surface area contributed by atoms with Crippen LogP contribution in [0, 0.1) is 5.82 Å². The minimum atomic E-state index is -2.95. The molecule has 1 unspecified atom stereocenters. The number of nitrogens with zero attached hydrogens (tertiary/aromatic N) is 1. The number of urea groups is 1. The average Bonchev–Trinajstić information content (AvgIpc) is 2.87. The van der Waals surface area contributed by atoms with Crippen molar-refractivity contribution in [3.8, 4) is 11.5 Å². The van der Waals surface area contributed by atoms with Gasteiger partial charge in [-0.3, -0.25) is 9.69 Å². The van der Waals surface area contributed by atoms with Gasteiger partial charge in [0.1, 0.15) is 29.5 Å². The van der Waals surface area contributed by atoms with Crippen LogP contribution in [0.25, 0.3) is 0 Å². The van der Waals surface area contributed by atoms with Gasteiger partial charge in [-0.2, -0.15) is 8.78 Å². The summed E-state index contributed by atoms with van der Waals surface area (Å²) in [5.74, 6) is -0.542. The summed E-state index contributed by atoms with van der Waals surface area (Å²) in [6, 6.07) is 10.2. The van der Waals surface area contributed by atoms with Crippen molar-refractivity contribution < 1.29 is 32.2 Å². The highest BCUT2D eigenvalue weighted by molar-refractivity contribution is 6.07. The number of halogens is 3. The molecule has 0 aliphatic carbocycles. The van der Waals surface area contributed by atoms with Crippen LogP contribution in [0.2, 0.25) is 0 Å². The molecule has 0 radical (unpaired) electrons. The normalized spacial score (nSPS) is 19.1. The molecule has 1 aliphatic rings. The lowest BCUT2D eigenvalue weighted by Crippen LogP contribution is -2.41. The van der Waals surface area contributed by atoms with Gasteiger partial charge in [-0.15, -0.1) is 0 Å². The Kier molecular flexibility index (Phi) is 5.43. The molecular formula is C19H17F3N2O4. The van der Waals surface area contributed by atoms with Gasteiger partial charge in [0.15, 0.2) is 0 Å². The van der Waals surface area contributed by atoms with Crippen molar-refractivity contribution in [1.82, 2.24) is 10.2 Å². The first kappa shape index (κ1) is 19.5. The summed E-state index contributed by atoms with van der Waals surface area (Å²) in [4.78, 5) is 26.0. The maximum absolute atomic E-state index is 12.9. The SMILES string of the molecule is CC1(c2ccc(OC(F)F)cc2)NC(=O)N(CCOc2ccc(F)cc2)C1=O. The lowest BCUT2D eigenvalue weighted by molar-refractivity contribution is -0.131. The smallest absolute Gasteiger partial charge is 0.387 e. The molecule has 2 aromatic carbocycles. The quantitative estimate of drug-likeness (QED) is 0.732. The van der Waals surface area contributed by atoms with Crippen molar-refractivity contribution in [1.29, 1.82) is 0 Å². The van der Waals surface area contributed by atoms with E-state index in [-0.39, 0.29) is 18.9 Å². The number of rotatable bonds is 7. The zero-order valence-electron chi connectivity index (χ0n) is 14.8. The summed E-state index contributed by atoms with van der Waals surface area (Å²) in [6.07, 6.45) is 0. The molecule has 1 heterocycles. The number of ether oxygens (including phenoxy) is 2. The summed E-state index contributed by atoms with van der Waals surface area (Å²) >= 11 is 0. The molecule has 0 spiro atoms. The molecule has 28 heavy (non-hydrogen) atoms. The highest BCUT2D eigenvalue weighted by atomic mass is 19.3. The maximum atomic E-state index is 12.9. The predicted molar refractivity (Wildman–Crippen MR) is 92.6 cm³/mol. The number of carbonyl (C=O) groups is 2. The summed E-state index contributed by atoms with van der Waals surface area (Å²) in [5, 5.41) is 2.61. The van der Waals surface area contributed by atoms with Gasteiger partial charge in [0.05, 0.1) is 6.54 Å². The van der Waals surface area contributed by atoms with Crippen LogP contribution in [0.1, 0.15) is 12.5 Å². The molecule has 1 saturated heterocycles. The van der Waals surface area contributed by atoms with Gasteiger partial charge in [0.25, 0.3) is 5.91 Å². The molecule has 1 aliphatic heterocycles. The molecule has 148 valence electrons. The van der Waals surface area contributed by atoms with Gasteiger partial charge in [0.2, 0.25) is 0 Å².